The molecule has 0 saturated heterocycles. The highest BCUT2D eigenvalue weighted by molar-refractivity contribution is 6.10. The van der Waals surface area contributed by atoms with Gasteiger partial charge in [0.25, 0.3) is 5.91 Å². The van der Waals surface area contributed by atoms with Gasteiger partial charge in [-0.2, -0.15) is 13.2 Å². The molecule has 0 aliphatic carbocycles. The average molecular weight is 543 g/mol. The predicted molar refractivity (Wildman–Crippen MR) is 147 cm³/mol. The fourth-order valence-corrected chi connectivity index (χ4v) is 4.78. The van der Waals surface area contributed by atoms with E-state index in [1.54, 1.807) is 18.2 Å². The summed E-state index contributed by atoms with van der Waals surface area (Å²) >= 11 is 0. The smallest absolute Gasteiger partial charge is 0.416 e. The van der Waals surface area contributed by atoms with E-state index < -0.39 is 23.8 Å². The lowest BCUT2D eigenvalue weighted by atomic mass is 9.98. The van der Waals surface area contributed by atoms with Gasteiger partial charge in [0.1, 0.15) is 0 Å². The van der Waals surface area contributed by atoms with Crippen molar-refractivity contribution in [2.24, 2.45) is 0 Å². The summed E-state index contributed by atoms with van der Waals surface area (Å²) in [6.07, 6.45) is -2.58. The van der Waals surface area contributed by atoms with Gasteiger partial charge in [-0.25, -0.2) is 4.79 Å². The summed E-state index contributed by atoms with van der Waals surface area (Å²) in [6.45, 7) is 2.08. The molecule has 4 aromatic carbocycles. The molecule has 1 atom stereocenters. The van der Waals surface area contributed by atoms with Crippen molar-refractivity contribution in [1.82, 2.24) is 9.88 Å². The standard InChI is InChI=1S/C32H25F3N2O3/c1-20(22-9-11-24(12-10-22)31(39)40)36-30(38)28-16-15-26(23-5-3-2-4-6-23)27-17-18-37(29(27)28)19-21-7-13-25(14-8-21)32(33,34)35/h2-18,20H,19H2,1H3,(H,36,38)(H,39,40)/t20-/m1/s1. The average Bonchev–Trinajstić information content (AvgIpc) is 3.36. The van der Waals surface area contributed by atoms with E-state index in [1.807, 2.05) is 60.2 Å². The maximum Gasteiger partial charge on any atom is 0.416 e. The largest absolute Gasteiger partial charge is 0.478 e. The molecule has 5 aromatic rings. The maximum absolute atomic E-state index is 13.6. The quantitative estimate of drug-likeness (QED) is 0.223. The number of carboxylic acids is 1. The van der Waals surface area contributed by atoms with Crippen molar-refractivity contribution in [3.05, 3.63) is 131 Å². The van der Waals surface area contributed by atoms with Crippen LogP contribution in [0.3, 0.4) is 0 Å². The highest BCUT2D eigenvalue weighted by Crippen LogP contribution is 2.33. The Hall–Kier alpha value is -4.85. The highest BCUT2D eigenvalue weighted by Gasteiger charge is 2.30. The second-order valence-corrected chi connectivity index (χ2v) is 9.55. The van der Waals surface area contributed by atoms with Crippen LogP contribution in [0.2, 0.25) is 0 Å². The minimum absolute atomic E-state index is 0.154. The van der Waals surface area contributed by atoms with E-state index in [4.69, 9.17) is 5.11 Å². The summed E-state index contributed by atoms with van der Waals surface area (Å²) in [7, 11) is 0. The highest BCUT2D eigenvalue weighted by atomic mass is 19.4. The van der Waals surface area contributed by atoms with Gasteiger partial charge in [-0.1, -0.05) is 60.7 Å². The second-order valence-electron chi connectivity index (χ2n) is 9.55. The number of nitrogens with zero attached hydrogens (tertiary/aromatic N) is 1. The van der Waals surface area contributed by atoms with Crippen molar-refractivity contribution in [2.45, 2.75) is 25.7 Å². The normalized spacial score (nSPS) is 12.3. The Labute approximate surface area is 228 Å². The molecule has 1 amide bonds. The maximum atomic E-state index is 13.6. The summed E-state index contributed by atoms with van der Waals surface area (Å²) in [4.78, 5) is 24.8. The first-order chi connectivity index (χ1) is 19.1. The number of halogens is 3. The number of amides is 1. The number of alkyl halides is 3. The molecule has 5 nitrogen and oxygen atoms in total. The molecule has 8 heteroatoms. The van der Waals surface area contributed by atoms with Crippen LogP contribution in [-0.2, 0) is 12.7 Å². The zero-order chi connectivity index (χ0) is 28.4. The Balaban J connectivity index is 1.52. The monoisotopic (exact) mass is 542 g/mol. The topological polar surface area (TPSA) is 71.3 Å². The summed E-state index contributed by atoms with van der Waals surface area (Å²) in [6, 6.07) is 26.2. The Bertz CT molecular complexity index is 1670. The first kappa shape index (κ1) is 26.7. The van der Waals surface area contributed by atoms with Crippen LogP contribution < -0.4 is 5.32 Å². The molecule has 0 unspecified atom stereocenters. The van der Waals surface area contributed by atoms with Crippen molar-refractivity contribution in [2.75, 3.05) is 0 Å². The number of aromatic carboxylic acids is 1. The van der Waals surface area contributed by atoms with Crippen LogP contribution in [0.4, 0.5) is 13.2 Å². The van der Waals surface area contributed by atoms with Crippen LogP contribution in [0, 0.1) is 0 Å². The number of carbonyl (C=O) groups is 2. The summed E-state index contributed by atoms with van der Waals surface area (Å²) in [5.74, 6) is -1.36. The molecule has 0 spiro atoms. The molecule has 202 valence electrons. The number of nitrogens with one attached hydrogen (secondary N) is 1. The van der Waals surface area contributed by atoms with Gasteiger partial charge >= 0.3 is 12.1 Å². The fraction of sp³-hybridized carbons (Fsp3) is 0.125. The number of hydrogen-bond donors (Lipinski definition) is 2. The Morgan fingerprint density at radius 3 is 2.17 bits per heavy atom. The van der Waals surface area contributed by atoms with Gasteiger partial charge in [0, 0.05) is 18.1 Å². The van der Waals surface area contributed by atoms with E-state index in [0.717, 1.165) is 34.2 Å². The molecule has 0 fully saturated rings. The predicted octanol–water partition coefficient (Wildman–Crippen LogP) is 7.56. The molecular formula is C32H25F3N2O3. The Morgan fingerprint density at radius 2 is 1.55 bits per heavy atom. The number of benzene rings is 4. The van der Waals surface area contributed by atoms with E-state index in [9.17, 15) is 22.8 Å². The Morgan fingerprint density at radius 1 is 0.875 bits per heavy atom. The third-order valence-corrected chi connectivity index (χ3v) is 6.89. The molecule has 0 radical (unpaired) electrons. The molecule has 0 aliphatic heterocycles. The molecule has 2 N–H and O–H groups in total. The number of rotatable bonds is 7. The van der Waals surface area contributed by atoms with Crippen LogP contribution in [0.5, 0.6) is 0 Å². The van der Waals surface area contributed by atoms with E-state index in [2.05, 4.69) is 5.32 Å². The Kier molecular flexibility index (Phi) is 7.17. The number of carbonyl (C=O) groups excluding carboxylic acids is 1. The summed E-state index contributed by atoms with van der Waals surface area (Å²) in [5, 5.41) is 13.0. The lowest BCUT2D eigenvalue weighted by Gasteiger charge is -2.17. The van der Waals surface area contributed by atoms with E-state index in [-0.39, 0.29) is 18.0 Å². The second kappa shape index (κ2) is 10.7. The molecule has 40 heavy (non-hydrogen) atoms. The lowest BCUT2D eigenvalue weighted by Crippen LogP contribution is -2.27. The number of fused-ring (bicyclic) bond motifs is 1. The zero-order valence-electron chi connectivity index (χ0n) is 21.4. The van der Waals surface area contributed by atoms with Gasteiger partial charge < -0.3 is 15.0 Å². The minimum atomic E-state index is -4.42. The van der Waals surface area contributed by atoms with E-state index >= 15 is 0 Å². The van der Waals surface area contributed by atoms with Gasteiger partial charge in [-0.15, -0.1) is 0 Å². The molecule has 1 heterocycles. The molecular weight excluding hydrogens is 517 g/mol. The van der Waals surface area contributed by atoms with Crippen molar-refractivity contribution in [3.63, 3.8) is 0 Å². The SMILES string of the molecule is C[C@@H](NC(=O)c1ccc(-c2ccccc2)c2ccn(Cc3ccc(C(F)(F)F)cc3)c12)c1ccc(C(=O)O)cc1. The van der Waals surface area contributed by atoms with Crippen LogP contribution in [-0.4, -0.2) is 21.6 Å². The minimum Gasteiger partial charge on any atom is -0.478 e. The number of hydrogen-bond acceptors (Lipinski definition) is 2. The van der Waals surface area contributed by atoms with Crippen LogP contribution in [0.1, 0.15) is 50.4 Å². The molecule has 0 saturated carbocycles. The molecule has 5 rings (SSSR count). The van der Waals surface area contributed by atoms with Crippen LogP contribution in [0.15, 0.2) is 103 Å². The molecule has 1 aromatic heterocycles. The van der Waals surface area contributed by atoms with Gasteiger partial charge in [0.15, 0.2) is 0 Å². The summed E-state index contributed by atoms with van der Waals surface area (Å²) in [5.41, 5.74) is 3.82. The van der Waals surface area contributed by atoms with Crippen molar-refractivity contribution in [3.8, 4) is 11.1 Å². The van der Waals surface area contributed by atoms with Crippen molar-refractivity contribution in [1.29, 1.82) is 0 Å². The van der Waals surface area contributed by atoms with E-state index in [0.29, 0.717) is 16.6 Å². The van der Waals surface area contributed by atoms with Gasteiger partial charge in [-0.3, -0.25) is 4.79 Å². The lowest BCUT2D eigenvalue weighted by molar-refractivity contribution is -0.137. The number of carboxylic acid groups (broad SMARTS) is 1. The third-order valence-electron chi connectivity index (χ3n) is 6.89. The zero-order valence-corrected chi connectivity index (χ0v) is 21.4. The van der Waals surface area contributed by atoms with Crippen molar-refractivity contribution < 1.29 is 27.9 Å². The van der Waals surface area contributed by atoms with E-state index in [1.165, 1.54) is 24.3 Å². The van der Waals surface area contributed by atoms with Gasteiger partial charge in [0.05, 0.1) is 28.2 Å². The van der Waals surface area contributed by atoms with Crippen LogP contribution >= 0.6 is 0 Å². The van der Waals surface area contributed by atoms with Crippen LogP contribution in [0.25, 0.3) is 22.0 Å². The molecule has 0 bridgehead atoms. The fourth-order valence-electron chi connectivity index (χ4n) is 4.78. The first-order valence-corrected chi connectivity index (χ1v) is 12.6. The summed E-state index contributed by atoms with van der Waals surface area (Å²) < 4.78 is 41.0. The molecule has 0 aliphatic rings. The number of aromatic nitrogens is 1. The third kappa shape index (κ3) is 5.47. The van der Waals surface area contributed by atoms with Gasteiger partial charge in [-0.05, 0) is 65.6 Å². The van der Waals surface area contributed by atoms with Gasteiger partial charge in [0.2, 0.25) is 0 Å². The van der Waals surface area contributed by atoms with Crippen molar-refractivity contribution >= 4 is 22.8 Å². The first-order valence-electron chi connectivity index (χ1n) is 12.6.